The molecular weight excluding hydrogens is 350 g/mol. The number of nitrogens with two attached hydrogens (primary N) is 2. The number of anilines is 1. The first kappa shape index (κ1) is 17.6. The molecule has 0 saturated heterocycles. The molecule has 3 rings (SSSR count). The third kappa shape index (κ3) is 3.02. The predicted octanol–water partition coefficient (Wildman–Crippen LogP) is 3.64. The Morgan fingerprint density at radius 2 is 2.19 bits per heavy atom. The number of hydrogen-bond donors (Lipinski definition) is 4. The van der Waals surface area contributed by atoms with E-state index in [-0.39, 0.29) is 5.91 Å². The Kier molecular flexibility index (Phi) is 4.69. The lowest BCUT2D eigenvalue weighted by atomic mass is 10.1. The minimum Gasteiger partial charge on any atom is -0.403 e. The average molecular weight is 368 g/mol. The number of carbonyl (C=O) groups is 1. The molecular formula is C19H18ClN5O. The molecule has 0 radical (unpaired) electrons. The molecule has 0 spiro atoms. The first-order valence-corrected chi connectivity index (χ1v) is 8.22. The van der Waals surface area contributed by atoms with E-state index in [0.29, 0.717) is 44.4 Å². The van der Waals surface area contributed by atoms with Gasteiger partial charge in [0, 0.05) is 39.8 Å². The highest BCUT2D eigenvalue weighted by molar-refractivity contribution is 6.32. The monoisotopic (exact) mass is 367 g/mol. The number of H-pyrrole nitrogens is 1. The highest BCUT2D eigenvalue weighted by Crippen LogP contribution is 2.34. The summed E-state index contributed by atoms with van der Waals surface area (Å²) in [7, 11) is 0. The van der Waals surface area contributed by atoms with Gasteiger partial charge in [-0.1, -0.05) is 18.2 Å². The van der Waals surface area contributed by atoms with Gasteiger partial charge in [0.2, 0.25) is 0 Å². The van der Waals surface area contributed by atoms with Crippen LogP contribution in [-0.4, -0.2) is 15.9 Å². The van der Waals surface area contributed by atoms with Crippen molar-refractivity contribution in [3.63, 3.8) is 0 Å². The molecule has 1 amide bonds. The van der Waals surface area contributed by atoms with E-state index >= 15 is 0 Å². The molecule has 0 atom stereocenters. The number of hydrogen-bond acceptors (Lipinski definition) is 4. The Morgan fingerprint density at radius 3 is 2.85 bits per heavy atom. The van der Waals surface area contributed by atoms with E-state index in [2.05, 4.69) is 21.9 Å². The van der Waals surface area contributed by atoms with Crippen molar-refractivity contribution in [2.45, 2.75) is 6.92 Å². The molecule has 0 fully saturated rings. The fourth-order valence-electron chi connectivity index (χ4n) is 2.84. The number of benzene rings is 1. The SMILES string of the molecule is C=Cc1[nH]c2c(NC(=O)c3cccnc3C)cc(Cl)cc2c1/C(N)=C\N. The lowest BCUT2D eigenvalue weighted by Gasteiger charge is -2.09. The number of pyridine rings is 1. The maximum absolute atomic E-state index is 12.7. The Bertz CT molecular complexity index is 1050. The van der Waals surface area contributed by atoms with Crippen LogP contribution in [0.2, 0.25) is 5.02 Å². The number of aromatic nitrogens is 2. The van der Waals surface area contributed by atoms with Gasteiger partial charge in [-0.3, -0.25) is 9.78 Å². The minimum atomic E-state index is -0.280. The molecule has 0 aliphatic heterocycles. The number of nitrogens with zero attached hydrogens (tertiary/aromatic N) is 1. The number of fused-ring (bicyclic) bond motifs is 1. The van der Waals surface area contributed by atoms with Crippen molar-refractivity contribution < 1.29 is 4.79 Å². The summed E-state index contributed by atoms with van der Waals surface area (Å²) < 4.78 is 0. The number of halogens is 1. The molecule has 0 aliphatic carbocycles. The van der Waals surface area contributed by atoms with Gasteiger partial charge in [0.15, 0.2) is 0 Å². The van der Waals surface area contributed by atoms with E-state index in [4.69, 9.17) is 23.1 Å². The zero-order chi connectivity index (χ0) is 18.8. The smallest absolute Gasteiger partial charge is 0.257 e. The van der Waals surface area contributed by atoms with Crippen LogP contribution in [0.25, 0.3) is 22.7 Å². The van der Waals surface area contributed by atoms with Crippen LogP contribution in [0.3, 0.4) is 0 Å². The molecule has 2 aromatic heterocycles. The van der Waals surface area contributed by atoms with Crippen molar-refractivity contribution in [3.05, 3.63) is 70.8 Å². The number of amides is 1. The topological polar surface area (TPSA) is 110 Å². The van der Waals surface area contributed by atoms with Crippen molar-refractivity contribution in [1.82, 2.24) is 9.97 Å². The Hall–Kier alpha value is -3.25. The molecule has 3 aromatic rings. The van der Waals surface area contributed by atoms with Crippen molar-refractivity contribution in [1.29, 1.82) is 0 Å². The van der Waals surface area contributed by atoms with Crippen LogP contribution in [0.1, 0.15) is 27.3 Å². The lowest BCUT2D eigenvalue weighted by Crippen LogP contribution is -2.14. The van der Waals surface area contributed by atoms with Crippen LogP contribution < -0.4 is 16.8 Å². The summed E-state index contributed by atoms with van der Waals surface area (Å²) in [6.45, 7) is 5.57. The van der Waals surface area contributed by atoms with Gasteiger partial charge >= 0.3 is 0 Å². The molecule has 7 heteroatoms. The number of carbonyl (C=O) groups excluding carboxylic acids is 1. The number of aromatic amines is 1. The molecule has 0 saturated carbocycles. The summed E-state index contributed by atoms with van der Waals surface area (Å²) in [4.78, 5) is 20.0. The van der Waals surface area contributed by atoms with E-state index in [1.54, 1.807) is 43.5 Å². The van der Waals surface area contributed by atoms with Gasteiger partial charge in [-0.2, -0.15) is 0 Å². The van der Waals surface area contributed by atoms with E-state index < -0.39 is 0 Å². The van der Waals surface area contributed by atoms with E-state index in [1.807, 2.05) is 0 Å². The van der Waals surface area contributed by atoms with E-state index in [1.165, 1.54) is 6.20 Å². The predicted molar refractivity (Wildman–Crippen MR) is 107 cm³/mol. The fourth-order valence-corrected chi connectivity index (χ4v) is 3.06. The molecule has 0 aliphatic rings. The summed E-state index contributed by atoms with van der Waals surface area (Å²) in [6, 6.07) is 6.86. The van der Waals surface area contributed by atoms with E-state index in [9.17, 15) is 4.79 Å². The second-order valence-corrected chi connectivity index (χ2v) is 6.14. The molecule has 1 aromatic carbocycles. The molecule has 132 valence electrons. The molecule has 0 unspecified atom stereocenters. The van der Waals surface area contributed by atoms with Crippen molar-refractivity contribution in [2.24, 2.45) is 11.5 Å². The van der Waals surface area contributed by atoms with Crippen LogP contribution in [0, 0.1) is 6.92 Å². The summed E-state index contributed by atoms with van der Waals surface area (Å²) in [5, 5.41) is 4.08. The second-order valence-electron chi connectivity index (χ2n) is 5.71. The molecule has 0 bridgehead atoms. The standard InChI is InChI=1S/C19H18ClN5O/c1-3-15-17(14(22)9-21)13-7-11(20)8-16(18(13)24-15)25-19(26)12-5-4-6-23-10(12)2/h3-9,24H,1,21-22H2,2H3,(H,25,26)/b14-9+. The van der Waals surface area contributed by atoms with Crippen LogP contribution in [0.5, 0.6) is 0 Å². The third-order valence-electron chi connectivity index (χ3n) is 4.07. The number of aryl methyl sites for hydroxylation is 1. The van der Waals surface area contributed by atoms with Gasteiger partial charge in [-0.15, -0.1) is 0 Å². The first-order valence-electron chi connectivity index (χ1n) is 7.84. The summed E-state index contributed by atoms with van der Waals surface area (Å²) >= 11 is 6.26. The third-order valence-corrected chi connectivity index (χ3v) is 4.29. The van der Waals surface area contributed by atoms with Crippen LogP contribution >= 0.6 is 11.6 Å². The highest BCUT2D eigenvalue weighted by atomic mass is 35.5. The second kappa shape index (κ2) is 6.93. The highest BCUT2D eigenvalue weighted by Gasteiger charge is 2.18. The molecule has 6 N–H and O–H groups in total. The number of rotatable bonds is 4. The maximum atomic E-state index is 12.7. The summed E-state index contributed by atoms with van der Waals surface area (Å²) in [5.74, 6) is -0.280. The van der Waals surface area contributed by atoms with Crippen LogP contribution in [-0.2, 0) is 0 Å². The summed E-state index contributed by atoms with van der Waals surface area (Å²) in [6.07, 6.45) is 4.59. The van der Waals surface area contributed by atoms with Crippen molar-refractivity contribution in [2.75, 3.05) is 5.32 Å². The minimum absolute atomic E-state index is 0.280. The Balaban J connectivity index is 2.15. The molecule has 26 heavy (non-hydrogen) atoms. The quantitative estimate of drug-likeness (QED) is 0.564. The number of nitrogens with one attached hydrogen (secondary N) is 2. The van der Waals surface area contributed by atoms with Gasteiger partial charge in [0.25, 0.3) is 5.91 Å². The van der Waals surface area contributed by atoms with Crippen molar-refractivity contribution in [3.8, 4) is 0 Å². The zero-order valence-corrected chi connectivity index (χ0v) is 14.9. The van der Waals surface area contributed by atoms with Gasteiger partial charge in [0.1, 0.15) is 0 Å². The zero-order valence-electron chi connectivity index (χ0n) is 14.1. The lowest BCUT2D eigenvalue weighted by molar-refractivity contribution is 0.102. The van der Waals surface area contributed by atoms with Crippen LogP contribution in [0.15, 0.2) is 43.2 Å². The van der Waals surface area contributed by atoms with Gasteiger partial charge in [-0.05, 0) is 37.3 Å². The van der Waals surface area contributed by atoms with Crippen LogP contribution in [0.4, 0.5) is 5.69 Å². The molecule has 6 nitrogen and oxygen atoms in total. The molecule has 2 heterocycles. The Labute approximate surface area is 155 Å². The normalized spacial score (nSPS) is 11.5. The van der Waals surface area contributed by atoms with Gasteiger partial charge in [0.05, 0.1) is 22.5 Å². The van der Waals surface area contributed by atoms with Gasteiger partial charge in [-0.25, -0.2) is 0 Å². The maximum Gasteiger partial charge on any atom is 0.257 e. The summed E-state index contributed by atoms with van der Waals surface area (Å²) in [5.41, 5.74) is 15.7. The Morgan fingerprint density at radius 1 is 1.42 bits per heavy atom. The first-order chi connectivity index (χ1) is 12.5. The average Bonchev–Trinajstić information content (AvgIpc) is 2.99. The fraction of sp³-hybridized carbons (Fsp3) is 0.0526. The van der Waals surface area contributed by atoms with E-state index in [0.717, 1.165) is 5.39 Å². The largest absolute Gasteiger partial charge is 0.403 e. The van der Waals surface area contributed by atoms with Crippen molar-refractivity contribution >= 4 is 45.9 Å². The van der Waals surface area contributed by atoms with Gasteiger partial charge < -0.3 is 21.8 Å².